The fourth-order valence-corrected chi connectivity index (χ4v) is 7.80. The molecule has 2 unspecified atom stereocenters. The normalized spacial score (nSPS) is 25.7. The minimum atomic E-state index is -0.958. The maximum Gasteiger partial charge on any atom is 0.276 e. The Balaban J connectivity index is 1.18. The molecule has 3 fully saturated rings. The zero-order valence-electron chi connectivity index (χ0n) is 27.9. The van der Waals surface area contributed by atoms with Crippen LogP contribution in [0.2, 0.25) is 0 Å². The number of carbonyl (C=O) groups is 3. The smallest absolute Gasteiger partial charge is 0.276 e. The SMILES string of the molecule is Cc1cc(C(=O)N2CCC(NC(=O)C(c3cccnc3)N(C(=O)[C@@H]3C[C@@H]4CO[C@@H]5OC=C[C@H]3C45)c3ccc(C(C)(C)C)cc3)CC2)no1. The lowest BCUT2D eigenvalue weighted by Gasteiger charge is -2.37. The van der Waals surface area contributed by atoms with Gasteiger partial charge in [0.25, 0.3) is 5.91 Å². The highest BCUT2D eigenvalue weighted by atomic mass is 16.7. The molecule has 11 heteroatoms. The highest BCUT2D eigenvalue weighted by Crippen LogP contribution is 2.52. The first-order chi connectivity index (χ1) is 23.1. The molecule has 11 nitrogen and oxygen atoms in total. The summed E-state index contributed by atoms with van der Waals surface area (Å²) in [6.07, 6.45) is 8.44. The van der Waals surface area contributed by atoms with Crippen LogP contribution in [-0.2, 0) is 24.5 Å². The van der Waals surface area contributed by atoms with Gasteiger partial charge in [-0.05, 0) is 67.4 Å². The van der Waals surface area contributed by atoms with Crippen molar-refractivity contribution < 1.29 is 28.4 Å². The van der Waals surface area contributed by atoms with Crippen molar-refractivity contribution in [1.82, 2.24) is 20.4 Å². The number of nitrogens with one attached hydrogen (secondary N) is 1. The van der Waals surface area contributed by atoms with Crippen LogP contribution in [-0.4, -0.2) is 64.8 Å². The van der Waals surface area contributed by atoms with Crippen LogP contribution in [0.15, 0.2) is 71.7 Å². The maximum atomic E-state index is 15.0. The first-order valence-corrected chi connectivity index (χ1v) is 16.9. The Labute approximate surface area is 280 Å². The quantitative estimate of drug-likeness (QED) is 0.380. The number of amides is 3. The number of anilines is 1. The van der Waals surface area contributed by atoms with Gasteiger partial charge in [-0.15, -0.1) is 0 Å². The van der Waals surface area contributed by atoms with E-state index in [2.05, 4.69) is 36.2 Å². The zero-order chi connectivity index (χ0) is 33.6. The lowest BCUT2D eigenvalue weighted by molar-refractivity contribution is -0.132. The van der Waals surface area contributed by atoms with Gasteiger partial charge in [0, 0.05) is 66.6 Å². The second-order valence-corrected chi connectivity index (χ2v) is 14.5. The molecule has 2 saturated heterocycles. The average Bonchev–Trinajstić information content (AvgIpc) is 3.82. The van der Waals surface area contributed by atoms with E-state index in [-0.39, 0.29) is 64.8 Å². The van der Waals surface area contributed by atoms with Gasteiger partial charge in [-0.2, -0.15) is 0 Å². The van der Waals surface area contributed by atoms with E-state index in [1.165, 1.54) is 0 Å². The van der Waals surface area contributed by atoms with Crippen LogP contribution >= 0.6 is 0 Å². The van der Waals surface area contributed by atoms with E-state index in [9.17, 15) is 14.4 Å². The molecular weight excluding hydrogens is 610 g/mol. The number of carbonyl (C=O) groups excluding carboxylic acids is 3. The molecule has 0 bridgehead atoms. The Kier molecular flexibility index (Phi) is 8.57. The Morgan fingerprint density at radius 3 is 2.52 bits per heavy atom. The van der Waals surface area contributed by atoms with Crippen LogP contribution in [0.4, 0.5) is 5.69 Å². The Hall–Kier alpha value is -4.51. The van der Waals surface area contributed by atoms with Crippen molar-refractivity contribution in [2.75, 3.05) is 24.6 Å². The Bertz CT molecular complexity index is 1670. The van der Waals surface area contributed by atoms with E-state index >= 15 is 0 Å². The van der Waals surface area contributed by atoms with Crippen molar-refractivity contribution in [2.45, 2.75) is 70.7 Å². The lowest BCUT2D eigenvalue weighted by atomic mass is 9.85. The fraction of sp³-hybridized carbons (Fsp3) is 0.486. The number of ether oxygens (including phenoxy) is 2. The Morgan fingerprint density at radius 2 is 1.85 bits per heavy atom. The van der Waals surface area contributed by atoms with Gasteiger partial charge in [-0.1, -0.05) is 44.1 Å². The summed E-state index contributed by atoms with van der Waals surface area (Å²) >= 11 is 0. The van der Waals surface area contributed by atoms with Crippen LogP contribution in [0.3, 0.4) is 0 Å². The molecule has 1 aliphatic carbocycles. The number of aryl methyl sites for hydroxylation is 1. The van der Waals surface area contributed by atoms with E-state index in [1.807, 2.05) is 36.4 Å². The van der Waals surface area contributed by atoms with Gasteiger partial charge in [-0.25, -0.2) is 0 Å². The number of pyridine rings is 1. The molecular formula is C37H43N5O6. The maximum absolute atomic E-state index is 15.0. The molecule has 1 saturated carbocycles. The van der Waals surface area contributed by atoms with Gasteiger partial charge in [0.05, 0.1) is 12.9 Å². The van der Waals surface area contributed by atoms with Gasteiger partial charge < -0.3 is 24.2 Å². The minimum absolute atomic E-state index is 0.0481. The van der Waals surface area contributed by atoms with Gasteiger partial charge in [-0.3, -0.25) is 24.3 Å². The summed E-state index contributed by atoms with van der Waals surface area (Å²) in [5.41, 5.74) is 2.61. The molecule has 4 aliphatic rings. The van der Waals surface area contributed by atoms with E-state index in [4.69, 9.17) is 14.0 Å². The van der Waals surface area contributed by atoms with Crippen molar-refractivity contribution in [1.29, 1.82) is 0 Å². The van der Waals surface area contributed by atoms with Crippen LogP contribution < -0.4 is 10.2 Å². The minimum Gasteiger partial charge on any atom is -0.473 e. The number of benzene rings is 1. The van der Waals surface area contributed by atoms with E-state index in [0.29, 0.717) is 56.0 Å². The number of allylic oxidation sites excluding steroid dienone is 1. The summed E-state index contributed by atoms with van der Waals surface area (Å²) < 4.78 is 16.7. The third-order valence-corrected chi connectivity index (χ3v) is 10.4. The highest BCUT2D eigenvalue weighted by Gasteiger charge is 2.56. The van der Waals surface area contributed by atoms with Crippen LogP contribution in [0.25, 0.3) is 0 Å². The highest BCUT2D eigenvalue weighted by molar-refractivity contribution is 6.03. The molecule has 3 aromatic rings. The summed E-state index contributed by atoms with van der Waals surface area (Å²) in [7, 11) is 0. The average molecular weight is 654 g/mol. The van der Waals surface area contributed by atoms with E-state index in [1.54, 1.807) is 47.5 Å². The van der Waals surface area contributed by atoms with Crippen molar-refractivity contribution in [3.8, 4) is 0 Å². The molecule has 0 radical (unpaired) electrons. The number of nitrogens with zero attached hydrogens (tertiary/aromatic N) is 4. The molecule has 252 valence electrons. The van der Waals surface area contributed by atoms with Gasteiger partial charge in [0.2, 0.25) is 18.1 Å². The first-order valence-electron chi connectivity index (χ1n) is 16.9. The monoisotopic (exact) mass is 653 g/mol. The molecule has 0 spiro atoms. The number of hydrogen-bond donors (Lipinski definition) is 1. The summed E-state index contributed by atoms with van der Waals surface area (Å²) in [4.78, 5) is 50.2. The molecule has 1 aromatic carbocycles. The largest absolute Gasteiger partial charge is 0.473 e. The lowest BCUT2D eigenvalue weighted by Crippen LogP contribution is -2.52. The van der Waals surface area contributed by atoms with Crippen molar-refractivity contribution in [3.05, 3.63) is 89.8 Å². The second kappa shape index (κ2) is 12.8. The fourth-order valence-electron chi connectivity index (χ4n) is 7.80. The summed E-state index contributed by atoms with van der Waals surface area (Å²) in [6.45, 7) is 9.69. The predicted molar refractivity (Wildman–Crippen MR) is 176 cm³/mol. The second-order valence-electron chi connectivity index (χ2n) is 14.5. The van der Waals surface area contributed by atoms with Gasteiger partial charge in [0.1, 0.15) is 11.8 Å². The van der Waals surface area contributed by atoms with Crippen LogP contribution in [0.1, 0.15) is 73.5 Å². The predicted octanol–water partition coefficient (Wildman–Crippen LogP) is 4.94. The number of likely N-dealkylation sites (tertiary alicyclic amines) is 1. The zero-order valence-corrected chi connectivity index (χ0v) is 27.9. The van der Waals surface area contributed by atoms with Crippen LogP contribution in [0.5, 0.6) is 0 Å². The van der Waals surface area contributed by atoms with E-state index < -0.39 is 6.04 Å². The number of aromatic nitrogens is 2. The third kappa shape index (κ3) is 6.11. The Morgan fingerprint density at radius 1 is 1.08 bits per heavy atom. The summed E-state index contributed by atoms with van der Waals surface area (Å²) in [5, 5.41) is 7.12. The molecule has 1 N–H and O–H groups in total. The van der Waals surface area contributed by atoms with Crippen molar-refractivity contribution in [3.63, 3.8) is 0 Å². The van der Waals surface area contributed by atoms with Crippen LogP contribution in [0, 0.1) is 30.6 Å². The molecule has 48 heavy (non-hydrogen) atoms. The molecule has 3 amide bonds. The van der Waals surface area contributed by atoms with E-state index in [0.717, 1.165) is 5.56 Å². The number of hydrogen-bond acceptors (Lipinski definition) is 8. The number of piperidine rings is 1. The molecule has 7 rings (SSSR count). The summed E-state index contributed by atoms with van der Waals surface area (Å²) in [5.74, 6) is -0.0567. The van der Waals surface area contributed by atoms with Gasteiger partial charge in [0.15, 0.2) is 5.69 Å². The topological polar surface area (TPSA) is 127 Å². The molecule has 3 aliphatic heterocycles. The first kappa shape index (κ1) is 32.1. The summed E-state index contributed by atoms with van der Waals surface area (Å²) in [6, 6.07) is 12.1. The van der Waals surface area contributed by atoms with Gasteiger partial charge >= 0.3 is 0 Å². The van der Waals surface area contributed by atoms with Crippen molar-refractivity contribution >= 4 is 23.4 Å². The third-order valence-electron chi connectivity index (χ3n) is 10.4. The standard InChI is InChI=1S/C37H43N5O6/c1-22-18-30(40-48-22)35(45)41-15-11-26(12-16-41)39-33(43)32(23-6-5-14-38-20-23)42(27-9-7-25(8-10-27)37(2,3)4)34(44)29-19-24-21-47-36-31(24)28(29)13-17-46-36/h5-10,13-14,17-18,20,24,26,28-29,31-32,36H,11-12,15-16,19,21H2,1-4H3,(H,39,43)/t24-,28-,29-,31?,32?,36+/m1/s1. The molecule has 2 aromatic heterocycles. The molecule has 5 heterocycles. The number of rotatable bonds is 7. The van der Waals surface area contributed by atoms with Crippen molar-refractivity contribution in [2.24, 2.45) is 23.7 Å². The molecule has 6 atom stereocenters.